The molecule has 2 heterocycles. The molecule has 136 valence electrons. The highest BCUT2D eigenvalue weighted by atomic mass is 79.9. The Morgan fingerprint density at radius 1 is 1.00 bits per heavy atom. The number of nitrogens with one attached hydrogen (secondary N) is 1. The van der Waals surface area contributed by atoms with Crippen LogP contribution in [0.2, 0.25) is 0 Å². The highest BCUT2D eigenvalue weighted by Gasteiger charge is 2.16. The summed E-state index contributed by atoms with van der Waals surface area (Å²) in [5, 5.41) is 1.72. The van der Waals surface area contributed by atoms with Crippen molar-refractivity contribution in [3.05, 3.63) is 76.8 Å². The number of oxazole rings is 1. The number of thiophene rings is 1. The van der Waals surface area contributed by atoms with Crippen LogP contribution in [-0.4, -0.2) is 13.4 Å². The van der Waals surface area contributed by atoms with E-state index in [0.29, 0.717) is 22.8 Å². The van der Waals surface area contributed by atoms with Gasteiger partial charge in [0.1, 0.15) is 16.2 Å². The SMILES string of the molecule is O=S(=O)(Nc1cccc(-c2nc(-c3cccc(Br)c3)co2)c1)c1cccs1. The first-order valence-corrected chi connectivity index (χ1v) is 11.0. The summed E-state index contributed by atoms with van der Waals surface area (Å²) in [4.78, 5) is 4.52. The lowest BCUT2D eigenvalue weighted by molar-refractivity contribution is 0.575. The maximum absolute atomic E-state index is 12.4. The highest BCUT2D eigenvalue weighted by molar-refractivity contribution is 9.10. The van der Waals surface area contributed by atoms with E-state index in [1.54, 1.807) is 42.0 Å². The minimum Gasteiger partial charge on any atom is -0.444 e. The van der Waals surface area contributed by atoms with E-state index in [2.05, 4.69) is 25.6 Å². The number of halogens is 1. The molecule has 8 heteroatoms. The van der Waals surface area contributed by atoms with Crippen LogP contribution in [0.15, 0.2) is 85.4 Å². The summed E-state index contributed by atoms with van der Waals surface area (Å²) in [6.45, 7) is 0. The molecular weight excluding hydrogens is 448 g/mol. The van der Waals surface area contributed by atoms with E-state index < -0.39 is 10.0 Å². The third kappa shape index (κ3) is 3.97. The van der Waals surface area contributed by atoms with E-state index in [1.807, 2.05) is 30.3 Å². The smallest absolute Gasteiger partial charge is 0.271 e. The van der Waals surface area contributed by atoms with Crippen molar-refractivity contribution >= 4 is 43.0 Å². The average molecular weight is 461 g/mol. The Morgan fingerprint density at radius 2 is 1.81 bits per heavy atom. The van der Waals surface area contributed by atoms with E-state index >= 15 is 0 Å². The van der Waals surface area contributed by atoms with Crippen LogP contribution in [-0.2, 0) is 10.0 Å². The Morgan fingerprint density at radius 3 is 2.59 bits per heavy atom. The van der Waals surface area contributed by atoms with Crippen molar-refractivity contribution in [2.24, 2.45) is 0 Å². The van der Waals surface area contributed by atoms with E-state index in [4.69, 9.17) is 4.42 Å². The van der Waals surface area contributed by atoms with Gasteiger partial charge in [0.15, 0.2) is 0 Å². The number of rotatable bonds is 5. The molecule has 0 radical (unpaired) electrons. The largest absolute Gasteiger partial charge is 0.444 e. The Balaban J connectivity index is 1.62. The zero-order chi connectivity index (χ0) is 18.9. The second-order valence-corrected chi connectivity index (χ2v) is 9.44. The maximum Gasteiger partial charge on any atom is 0.271 e. The minimum atomic E-state index is -3.60. The number of anilines is 1. The molecule has 0 aliphatic rings. The molecule has 4 aromatic rings. The highest BCUT2D eigenvalue weighted by Crippen LogP contribution is 2.28. The third-order valence-corrected chi connectivity index (χ3v) is 7.02. The van der Waals surface area contributed by atoms with E-state index in [0.717, 1.165) is 10.0 Å². The number of benzene rings is 2. The van der Waals surface area contributed by atoms with Crippen LogP contribution in [0.3, 0.4) is 0 Å². The number of sulfonamides is 1. The molecule has 0 atom stereocenters. The van der Waals surface area contributed by atoms with Gasteiger partial charge >= 0.3 is 0 Å². The van der Waals surface area contributed by atoms with Crippen LogP contribution in [0.1, 0.15) is 0 Å². The molecule has 4 rings (SSSR count). The molecule has 0 aliphatic carbocycles. The number of nitrogens with zero attached hydrogens (tertiary/aromatic N) is 1. The molecule has 0 bridgehead atoms. The summed E-state index contributed by atoms with van der Waals surface area (Å²) in [5.41, 5.74) is 2.76. The van der Waals surface area contributed by atoms with Gasteiger partial charge in [-0.05, 0) is 41.8 Å². The number of hydrogen-bond donors (Lipinski definition) is 1. The molecule has 0 saturated carbocycles. The molecule has 0 unspecified atom stereocenters. The van der Waals surface area contributed by atoms with Gasteiger partial charge in [0.25, 0.3) is 10.0 Å². The predicted molar refractivity (Wildman–Crippen MR) is 110 cm³/mol. The summed E-state index contributed by atoms with van der Waals surface area (Å²) in [6.07, 6.45) is 1.58. The molecule has 2 aromatic heterocycles. The maximum atomic E-state index is 12.4. The van der Waals surface area contributed by atoms with Crippen LogP contribution in [0.25, 0.3) is 22.7 Å². The van der Waals surface area contributed by atoms with Crippen LogP contribution in [0.5, 0.6) is 0 Å². The lowest BCUT2D eigenvalue weighted by Crippen LogP contribution is -2.11. The Labute approximate surface area is 168 Å². The molecule has 0 fully saturated rings. The second kappa shape index (κ2) is 7.30. The topological polar surface area (TPSA) is 72.2 Å². The molecule has 0 spiro atoms. The first-order valence-electron chi connectivity index (χ1n) is 7.89. The van der Waals surface area contributed by atoms with Crippen molar-refractivity contribution < 1.29 is 12.8 Å². The molecule has 0 aliphatic heterocycles. The fraction of sp³-hybridized carbons (Fsp3) is 0. The molecule has 5 nitrogen and oxygen atoms in total. The van der Waals surface area contributed by atoms with Gasteiger partial charge in [-0.3, -0.25) is 4.72 Å². The number of hydrogen-bond acceptors (Lipinski definition) is 5. The summed E-state index contributed by atoms with van der Waals surface area (Å²) in [5.74, 6) is 0.419. The zero-order valence-electron chi connectivity index (χ0n) is 13.8. The zero-order valence-corrected chi connectivity index (χ0v) is 17.0. The van der Waals surface area contributed by atoms with Crippen LogP contribution in [0.4, 0.5) is 5.69 Å². The summed E-state index contributed by atoms with van der Waals surface area (Å²) < 4.78 is 34.2. The van der Waals surface area contributed by atoms with Gasteiger partial charge < -0.3 is 4.42 Å². The molecular formula is C19H13BrN2O3S2. The normalized spacial score (nSPS) is 11.4. The monoisotopic (exact) mass is 460 g/mol. The van der Waals surface area contributed by atoms with Crippen molar-refractivity contribution in [2.45, 2.75) is 4.21 Å². The van der Waals surface area contributed by atoms with Gasteiger partial charge in [-0.15, -0.1) is 11.3 Å². The molecule has 1 N–H and O–H groups in total. The summed E-state index contributed by atoms with van der Waals surface area (Å²) >= 11 is 4.61. The third-order valence-electron chi connectivity index (χ3n) is 3.75. The van der Waals surface area contributed by atoms with Gasteiger partial charge in [-0.1, -0.05) is 40.2 Å². The molecule has 27 heavy (non-hydrogen) atoms. The average Bonchev–Trinajstić information content (AvgIpc) is 3.34. The lowest BCUT2D eigenvalue weighted by atomic mass is 10.2. The van der Waals surface area contributed by atoms with Crippen LogP contribution < -0.4 is 4.72 Å². The van der Waals surface area contributed by atoms with Crippen molar-refractivity contribution in [3.63, 3.8) is 0 Å². The summed E-state index contributed by atoms with van der Waals surface area (Å²) in [6, 6.07) is 18.0. The van der Waals surface area contributed by atoms with Crippen molar-refractivity contribution in [1.29, 1.82) is 0 Å². The predicted octanol–water partition coefficient (Wildman–Crippen LogP) is 5.63. The fourth-order valence-electron chi connectivity index (χ4n) is 2.52. The first-order chi connectivity index (χ1) is 13.0. The molecule has 0 saturated heterocycles. The van der Waals surface area contributed by atoms with Crippen molar-refractivity contribution in [3.8, 4) is 22.7 Å². The Kier molecular flexibility index (Phi) is 4.86. The summed E-state index contributed by atoms with van der Waals surface area (Å²) in [7, 11) is -3.60. The first kappa shape index (κ1) is 18.0. The van der Waals surface area contributed by atoms with Gasteiger partial charge in [-0.25, -0.2) is 13.4 Å². The quantitative estimate of drug-likeness (QED) is 0.418. The lowest BCUT2D eigenvalue weighted by Gasteiger charge is -2.07. The Hall–Kier alpha value is -2.42. The second-order valence-electron chi connectivity index (χ2n) is 5.67. The van der Waals surface area contributed by atoms with E-state index in [-0.39, 0.29) is 4.21 Å². The minimum absolute atomic E-state index is 0.265. The van der Waals surface area contributed by atoms with Gasteiger partial charge in [0.2, 0.25) is 5.89 Å². The van der Waals surface area contributed by atoms with Gasteiger partial charge in [0.05, 0.1) is 0 Å². The van der Waals surface area contributed by atoms with Crippen LogP contribution >= 0.6 is 27.3 Å². The van der Waals surface area contributed by atoms with Crippen molar-refractivity contribution in [1.82, 2.24) is 4.98 Å². The fourth-order valence-corrected chi connectivity index (χ4v) is 4.97. The Bertz CT molecular complexity index is 1190. The standard InChI is InChI=1S/C19H13BrN2O3S2/c20-15-6-1-4-13(10-15)17-12-25-19(21-17)14-5-2-7-16(11-14)22-27(23,24)18-8-3-9-26-18/h1-12,22H. The van der Waals surface area contributed by atoms with E-state index in [1.165, 1.54) is 11.3 Å². The van der Waals surface area contributed by atoms with Crippen molar-refractivity contribution in [2.75, 3.05) is 4.72 Å². The number of aromatic nitrogens is 1. The van der Waals surface area contributed by atoms with Crippen LogP contribution in [0, 0.1) is 0 Å². The molecule has 0 amide bonds. The van der Waals surface area contributed by atoms with Gasteiger partial charge in [0, 0.05) is 21.3 Å². The molecule has 2 aromatic carbocycles. The van der Waals surface area contributed by atoms with E-state index in [9.17, 15) is 8.42 Å². The van der Waals surface area contributed by atoms with Gasteiger partial charge in [-0.2, -0.15) is 0 Å².